The predicted octanol–water partition coefficient (Wildman–Crippen LogP) is 3.68. The molecule has 2 aromatic rings. The number of nitrogens with zero attached hydrogens (tertiary/aromatic N) is 5. The third-order valence-corrected chi connectivity index (χ3v) is 6.59. The molecule has 5 rings (SSSR count). The standard InChI is InChI=1S/C24H26N6S/c25-31-19-10-11-23(26-17-19)29-12-14-30(15-13-29)24-21-9-5-4-8-20(21)22(27-28-24)16-18-6-2-1-3-7-18/h1-8,10-11,17,21H,9,12-16,25H2. The van der Waals surface area contributed by atoms with Gasteiger partial charge in [0.2, 0.25) is 0 Å². The van der Waals surface area contributed by atoms with E-state index in [-0.39, 0.29) is 0 Å². The lowest BCUT2D eigenvalue weighted by Gasteiger charge is -2.40. The van der Waals surface area contributed by atoms with Gasteiger partial charge in [0, 0.05) is 49.6 Å². The zero-order chi connectivity index (χ0) is 21.0. The van der Waals surface area contributed by atoms with Crippen molar-refractivity contribution in [3.8, 4) is 0 Å². The van der Waals surface area contributed by atoms with Crippen LogP contribution < -0.4 is 10.0 Å². The minimum atomic E-state index is 0.298. The molecule has 1 aliphatic carbocycles. The average Bonchev–Trinajstić information content (AvgIpc) is 2.85. The van der Waals surface area contributed by atoms with Gasteiger partial charge in [0.15, 0.2) is 0 Å². The van der Waals surface area contributed by atoms with Crippen molar-refractivity contribution in [1.29, 1.82) is 0 Å². The molecule has 1 saturated heterocycles. The quantitative estimate of drug-likeness (QED) is 0.750. The second-order valence-corrected chi connectivity index (χ2v) is 8.66. The van der Waals surface area contributed by atoms with E-state index >= 15 is 0 Å². The molecule has 3 aliphatic rings. The van der Waals surface area contributed by atoms with E-state index < -0.39 is 0 Å². The molecule has 1 aromatic heterocycles. The number of piperazine rings is 1. The van der Waals surface area contributed by atoms with E-state index in [0.717, 1.165) is 61.3 Å². The van der Waals surface area contributed by atoms with Crippen molar-refractivity contribution in [2.75, 3.05) is 31.1 Å². The number of rotatable bonds is 4. The number of hydrogen-bond acceptors (Lipinski definition) is 7. The molecule has 158 valence electrons. The van der Waals surface area contributed by atoms with Crippen molar-refractivity contribution in [2.45, 2.75) is 17.7 Å². The van der Waals surface area contributed by atoms with E-state index in [0.29, 0.717) is 5.92 Å². The second kappa shape index (κ2) is 9.08. The van der Waals surface area contributed by atoms with E-state index in [2.05, 4.69) is 74.5 Å². The van der Waals surface area contributed by atoms with Gasteiger partial charge in [0.05, 0.1) is 5.71 Å². The lowest BCUT2D eigenvalue weighted by molar-refractivity contribution is 0.367. The summed E-state index contributed by atoms with van der Waals surface area (Å²) in [4.78, 5) is 10.3. The molecule has 7 heteroatoms. The maximum absolute atomic E-state index is 5.61. The summed E-state index contributed by atoms with van der Waals surface area (Å²) < 4.78 is 0. The molecule has 0 radical (unpaired) electrons. The molecule has 3 heterocycles. The number of benzene rings is 1. The van der Waals surface area contributed by atoms with Crippen LogP contribution in [0, 0.1) is 5.92 Å². The Morgan fingerprint density at radius 2 is 1.77 bits per heavy atom. The number of fused-ring (bicyclic) bond motifs is 1. The lowest BCUT2D eigenvalue weighted by atomic mass is 9.84. The molecular formula is C24H26N6S. The highest BCUT2D eigenvalue weighted by atomic mass is 32.2. The minimum absolute atomic E-state index is 0.298. The normalized spacial score (nSPS) is 20.7. The molecule has 0 spiro atoms. The van der Waals surface area contributed by atoms with Gasteiger partial charge in [-0.1, -0.05) is 48.6 Å². The zero-order valence-corrected chi connectivity index (χ0v) is 18.2. The van der Waals surface area contributed by atoms with Gasteiger partial charge in [0.25, 0.3) is 0 Å². The smallest absolute Gasteiger partial charge is 0.135 e. The first-order valence-corrected chi connectivity index (χ1v) is 11.6. The summed E-state index contributed by atoms with van der Waals surface area (Å²) in [5.41, 5.74) is 3.68. The Bertz CT molecular complexity index is 1030. The molecule has 1 unspecified atom stereocenters. The Hall–Kier alpha value is -2.90. The van der Waals surface area contributed by atoms with Gasteiger partial charge in [-0.2, -0.15) is 5.10 Å². The summed E-state index contributed by atoms with van der Waals surface area (Å²) in [5.74, 6) is 2.41. The van der Waals surface area contributed by atoms with E-state index in [1.54, 1.807) is 0 Å². The maximum atomic E-state index is 5.61. The number of amidine groups is 1. The van der Waals surface area contributed by atoms with Crippen LogP contribution in [-0.2, 0) is 6.42 Å². The third kappa shape index (κ3) is 4.29. The highest BCUT2D eigenvalue weighted by Gasteiger charge is 2.33. The SMILES string of the molecule is NSc1ccc(N2CCN(C3=NN=C(Cc4ccccc4)C4=CC=CCC43)CC2)nc1. The van der Waals surface area contributed by atoms with Gasteiger partial charge in [-0.3, -0.25) is 5.14 Å². The van der Waals surface area contributed by atoms with Gasteiger partial charge in [0.1, 0.15) is 11.7 Å². The molecule has 2 aliphatic heterocycles. The van der Waals surface area contributed by atoms with Crippen LogP contribution in [0.25, 0.3) is 0 Å². The molecule has 1 fully saturated rings. The molecule has 6 nitrogen and oxygen atoms in total. The molecule has 1 aromatic carbocycles. The van der Waals surface area contributed by atoms with Crippen LogP contribution in [0.1, 0.15) is 12.0 Å². The number of hydrogen-bond donors (Lipinski definition) is 1. The maximum Gasteiger partial charge on any atom is 0.135 e. The van der Waals surface area contributed by atoms with Crippen LogP contribution >= 0.6 is 11.9 Å². The molecule has 1 atom stereocenters. The Labute approximate surface area is 187 Å². The number of aromatic nitrogens is 1. The van der Waals surface area contributed by atoms with Crippen molar-refractivity contribution >= 4 is 29.3 Å². The van der Waals surface area contributed by atoms with Crippen LogP contribution in [0.15, 0.2) is 87.6 Å². The van der Waals surface area contributed by atoms with Gasteiger partial charge in [-0.15, -0.1) is 5.10 Å². The fourth-order valence-corrected chi connectivity index (χ4v) is 4.67. The lowest BCUT2D eigenvalue weighted by Crippen LogP contribution is -2.51. The van der Waals surface area contributed by atoms with Crippen LogP contribution in [0.4, 0.5) is 5.82 Å². The van der Waals surface area contributed by atoms with E-state index in [1.165, 1.54) is 23.1 Å². The topological polar surface area (TPSA) is 70.1 Å². The molecule has 0 amide bonds. The van der Waals surface area contributed by atoms with Gasteiger partial charge >= 0.3 is 0 Å². The molecule has 2 N–H and O–H groups in total. The Morgan fingerprint density at radius 1 is 0.968 bits per heavy atom. The van der Waals surface area contributed by atoms with Crippen molar-refractivity contribution in [3.05, 3.63) is 78.0 Å². The Kier molecular flexibility index (Phi) is 5.86. The minimum Gasteiger partial charge on any atom is -0.354 e. The summed E-state index contributed by atoms with van der Waals surface area (Å²) in [6.07, 6.45) is 10.3. The van der Waals surface area contributed by atoms with Crippen LogP contribution in [0.5, 0.6) is 0 Å². The van der Waals surface area contributed by atoms with Crippen molar-refractivity contribution in [3.63, 3.8) is 0 Å². The van der Waals surface area contributed by atoms with E-state index in [1.807, 2.05) is 12.3 Å². The Morgan fingerprint density at radius 3 is 2.52 bits per heavy atom. The summed E-state index contributed by atoms with van der Waals surface area (Å²) in [5, 5.41) is 15.0. The van der Waals surface area contributed by atoms with E-state index in [9.17, 15) is 0 Å². The zero-order valence-electron chi connectivity index (χ0n) is 17.4. The summed E-state index contributed by atoms with van der Waals surface area (Å²) in [6, 6.07) is 14.6. The second-order valence-electron chi connectivity index (χ2n) is 7.95. The number of pyridine rings is 1. The number of allylic oxidation sites excluding steroid dienone is 3. The molecular weight excluding hydrogens is 404 g/mol. The molecule has 0 saturated carbocycles. The van der Waals surface area contributed by atoms with Crippen LogP contribution in [0.2, 0.25) is 0 Å². The fourth-order valence-electron chi connectivity index (χ4n) is 4.41. The monoisotopic (exact) mass is 430 g/mol. The first-order valence-electron chi connectivity index (χ1n) is 10.7. The first kappa shape index (κ1) is 20.0. The van der Waals surface area contributed by atoms with Crippen LogP contribution in [-0.4, -0.2) is 47.6 Å². The number of nitrogens with two attached hydrogens (primary N) is 1. The third-order valence-electron chi connectivity index (χ3n) is 6.08. The summed E-state index contributed by atoms with van der Waals surface area (Å²) in [6.45, 7) is 3.68. The highest BCUT2D eigenvalue weighted by Crippen LogP contribution is 2.30. The van der Waals surface area contributed by atoms with Crippen molar-refractivity contribution in [2.24, 2.45) is 21.3 Å². The average molecular weight is 431 g/mol. The Balaban J connectivity index is 1.31. The van der Waals surface area contributed by atoms with Gasteiger partial charge in [-0.25, -0.2) is 4.98 Å². The van der Waals surface area contributed by atoms with Gasteiger partial charge < -0.3 is 9.80 Å². The number of anilines is 1. The molecule has 0 bridgehead atoms. The van der Waals surface area contributed by atoms with Crippen molar-refractivity contribution in [1.82, 2.24) is 9.88 Å². The van der Waals surface area contributed by atoms with Crippen molar-refractivity contribution < 1.29 is 0 Å². The largest absolute Gasteiger partial charge is 0.354 e. The summed E-state index contributed by atoms with van der Waals surface area (Å²) >= 11 is 1.23. The molecule has 31 heavy (non-hydrogen) atoms. The highest BCUT2D eigenvalue weighted by molar-refractivity contribution is 7.97. The predicted molar refractivity (Wildman–Crippen MR) is 128 cm³/mol. The van der Waals surface area contributed by atoms with Gasteiger partial charge in [-0.05, 0) is 41.6 Å². The van der Waals surface area contributed by atoms with Crippen LogP contribution in [0.3, 0.4) is 0 Å². The first-order chi connectivity index (χ1) is 15.3. The summed E-state index contributed by atoms with van der Waals surface area (Å²) in [7, 11) is 0. The van der Waals surface area contributed by atoms with E-state index in [4.69, 9.17) is 10.2 Å². The fraction of sp³-hybridized carbons (Fsp3) is 0.292.